The van der Waals surface area contributed by atoms with Crippen LogP contribution in [-0.2, 0) is 19.1 Å². The van der Waals surface area contributed by atoms with Crippen molar-refractivity contribution < 1.29 is 42.1 Å². The number of alkyl carbamates (subject to hydrolysis) is 1. The van der Waals surface area contributed by atoms with Crippen LogP contribution in [0.25, 0.3) is 11.1 Å². The number of amides is 2. The van der Waals surface area contributed by atoms with E-state index in [4.69, 9.17) is 14.6 Å². The van der Waals surface area contributed by atoms with Gasteiger partial charge in [-0.2, -0.15) is 13.2 Å². The molecule has 2 aromatic carbocycles. The average molecular weight is 492 g/mol. The highest BCUT2D eigenvalue weighted by atomic mass is 19.4. The Kier molecular flexibility index (Phi) is 6.97. The third-order valence-corrected chi connectivity index (χ3v) is 6.10. The lowest BCUT2D eigenvalue weighted by molar-refractivity contribution is -0.179. The Bertz CT molecular complexity index is 1080. The van der Waals surface area contributed by atoms with E-state index in [9.17, 15) is 27.6 Å². The zero-order valence-electron chi connectivity index (χ0n) is 18.5. The average Bonchev–Trinajstić information content (AvgIpc) is 3.14. The summed E-state index contributed by atoms with van der Waals surface area (Å²) in [4.78, 5) is 37.0. The van der Waals surface area contributed by atoms with E-state index in [0.29, 0.717) is 0 Å². The Morgan fingerprint density at radius 3 is 2.26 bits per heavy atom. The minimum absolute atomic E-state index is 0.0443. The minimum Gasteiger partial charge on any atom is -0.481 e. The maximum Gasteiger partial charge on any atom is 0.417 e. The molecule has 0 saturated carbocycles. The molecule has 1 fully saturated rings. The molecule has 1 heterocycles. The topological polar surface area (TPSA) is 105 Å². The number of benzene rings is 2. The first-order chi connectivity index (χ1) is 16.7. The van der Waals surface area contributed by atoms with Gasteiger partial charge in [0.05, 0.1) is 25.7 Å². The summed E-state index contributed by atoms with van der Waals surface area (Å²) in [6.45, 7) is -0.710. The standard InChI is InChI=1S/C24H23F3N2O6/c25-24(26,27)21(22(32)29-9-10-34-12-14(29)11-20(30)31)28-23(33)35-13-19-17-7-3-1-5-15(17)16-6-2-4-8-18(16)19/h1-8,14,19,21H,9-13H2,(H,28,33)(H,30,31). The van der Waals surface area contributed by atoms with Gasteiger partial charge < -0.3 is 24.8 Å². The molecule has 4 rings (SSSR count). The zero-order chi connectivity index (χ0) is 25.2. The molecule has 1 saturated heterocycles. The number of hydrogen-bond donors (Lipinski definition) is 2. The van der Waals surface area contributed by atoms with Crippen molar-refractivity contribution >= 4 is 18.0 Å². The van der Waals surface area contributed by atoms with Gasteiger partial charge in [0.25, 0.3) is 5.91 Å². The molecule has 2 atom stereocenters. The van der Waals surface area contributed by atoms with E-state index in [1.165, 1.54) is 0 Å². The van der Waals surface area contributed by atoms with Crippen molar-refractivity contribution in [3.63, 3.8) is 0 Å². The number of nitrogens with zero attached hydrogens (tertiary/aromatic N) is 1. The van der Waals surface area contributed by atoms with Crippen molar-refractivity contribution in [3.05, 3.63) is 59.7 Å². The first-order valence-corrected chi connectivity index (χ1v) is 10.9. The van der Waals surface area contributed by atoms with Gasteiger partial charge in [0, 0.05) is 12.5 Å². The van der Waals surface area contributed by atoms with Crippen molar-refractivity contribution in [1.29, 1.82) is 0 Å². The van der Waals surface area contributed by atoms with Crippen LogP contribution in [0.4, 0.5) is 18.0 Å². The first kappa shape index (κ1) is 24.5. The highest BCUT2D eigenvalue weighted by Gasteiger charge is 2.49. The summed E-state index contributed by atoms with van der Waals surface area (Å²) >= 11 is 0. The fourth-order valence-corrected chi connectivity index (χ4v) is 4.52. The van der Waals surface area contributed by atoms with Gasteiger partial charge >= 0.3 is 18.2 Å². The van der Waals surface area contributed by atoms with Crippen LogP contribution in [0.2, 0.25) is 0 Å². The molecular formula is C24H23F3N2O6. The lowest BCUT2D eigenvalue weighted by atomic mass is 9.98. The number of carbonyl (C=O) groups is 3. The van der Waals surface area contributed by atoms with Gasteiger partial charge in [-0.05, 0) is 22.3 Å². The smallest absolute Gasteiger partial charge is 0.417 e. The summed E-state index contributed by atoms with van der Waals surface area (Å²) in [6, 6.07) is 11.0. The number of aliphatic carboxylic acids is 1. The molecule has 35 heavy (non-hydrogen) atoms. The second-order valence-electron chi connectivity index (χ2n) is 8.30. The molecule has 2 N–H and O–H groups in total. The van der Waals surface area contributed by atoms with E-state index < -0.39 is 42.7 Å². The van der Waals surface area contributed by atoms with E-state index in [-0.39, 0.29) is 32.3 Å². The van der Waals surface area contributed by atoms with Gasteiger partial charge in [-0.15, -0.1) is 0 Å². The number of ether oxygens (including phenoxy) is 2. The number of fused-ring (bicyclic) bond motifs is 3. The largest absolute Gasteiger partial charge is 0.481 e. The fraction of sp³-hybridized carbons (Fsp3) is 0.375. The molecule has 1 aliphatic heterocycles. The molecule has 0 radical (unpaired) electrons. The summed E-state index contributed by atoms with van der Waals surface area (Å²) in [5.41, 5.74) is 3.68. The van der Waals surface area contributed by atoms with Crippen molar-refractivity contribution in [2.75, 3.05) is 26.4 Å². The molecule has 2 aromatic rings. The van der Waals surface area contributed by atoms with Gasteiger partial charge in [-0.25, -0.2) is 4.79 Å². The Balaban J connectivity index is 1.46. The summed E-state index contributed by atoms with van der Waals surface area (Å²) in [6.07, 6.45) is -7.10. The molecule has 2 amide bonds. The Labute approximate surface area is 198 Å². The molecule has 1 aliphatic carbocycles. The summed E-state index contributed by atoms with van der Waals surface area (Å²) in [7, 11) is 0. The highest BCUT2D eigenvalue weighted by molar-refractivity contribution is 5.87. The Morgan fingerprint density at radius 2 is 1.69 bits per heavy atom. The van der Waals surface area contributed by atoms with Crippen molar-refractivity contribution in [2.45, 2.75) is 30.6 Å². The number of morpholine rings is 1. The number of halogens is 3. The van der Waals surface area contributed by atoms with Crippen LogP contribution in [0.1, 0.15) is 23.5 Å². The number of carboxylic acid groups (broad SMARTS) is 1. The Hall–Kier alpha value is -3.60. The quantitative estimate of drug-likeness (QED) is 0.642. The zero-order valence-corrected chi connectivity index (χ0v) is 18.5. The van der Waals surface area contributed by atoms with E-state index in [0.717, 1.165) is 27.2 Å². The molecule has 11 heteroatoms. The van der Waals surface area contributed by atoms with Crippen molar-refractivity contribution in [3.8, 4) is 11.1 Å². The molecule has 2 aliphatic rings. The van der Waals surface area contributed by atoms with E-state index in [1.807, 2.05) is 48.5 Å². The van der Waals surface area contributed by atoms with Gasteiger partial charge in [0.15, 0.2) is 0 Å². The molecule has 0 aromatic heterocycles. The van der Waals surface area contributed by atoms with Crippen molar-refractivity contribution in [2.24, 2.45) is 0 Å². The number of carbonyl (C=O) groups excluding carboxylic acids is 2. The van der Waals surface area contributed by atoms with Crippen molar-refractivity contribution in [1.82, 2.24) is 10.2 Å². The van der Waals surface area contributed by atoms with E-state index in [2.05, 4.69) is 0 Å². The number of alkyl halides is 3. The van der Waals surface area contributed by atoms with E-state index >= 15 is 0 Å². The number of rotatable bonds is 6. The summed E-state index contributed by atoms with van der Waals surface area (Å²) in [5, 5.41) is 10.7. The second-order valence-corrected chi connectivity index (χ2v) is 8.30. The SMILES string of the molecule is O=C(O)CC1COCCN1C(=O)C(NC(=O)OCC1c2ccccc2-c2ccccc21)C(F)(F)F. The number of nitrogens with one attached hydrogen (secondary N) is 1. The normalized spacial score (nSPS) is 18.4. The maximum absolute atomic E-state index is 13.7. The van der Waals surface area contributed by atoms with Gasteiger partial charge in [-0.1, -0.05) is 48.5 Å². The van der Waals surface area contributed by atoms with Gasteiger partial charge in [0.1, 0.15) is 6.61 Å². The third kappa shape index (κ3) is 5.24. The molecule has 0 spiro atoms. The lowest BCUT2D eigenvalue weighted by Gasteiger charge is -2.37. The third-order valence-electron chi connectivity index (χ3n) is 6.10. The number of hydrogen-bond acceptors (Lipinski definition) is 5. The van der Waals surface area contributed by atoms with Crippen LogP contribution in [0, 0.1) is 0 Å². The highest BCUT2D eigenvalue weighted by Crippen LogP contribution is 2.44. The van der Waals surface area contributed by atoms with E-state index in [1.54, 1.807) is 5.32 Å². The lowest BCUT2D eigenvalue weighted by Crippen LogP contribution is -2.60. The van der Waals surface area contributed by atoms with Crippen LogP contribution < -0.4 is 5.32 Å². The minimum atomic E-state index is -5.12. The molecule has 8 nitrogen and oxygen atoms in total. The van der Waals surface area contributed by atoms with Gasteiger partial charge in [-0.3, -0.25) is 9.59 Å². The molecule has 2 unspecified atom stereocenters. The Morgan fingerprint density at radius 1 is 1.09 bits per heavy atom. The summed E-state index contributed by atoms with van der Waals surface area (Å²) < 4.78 is 51.5. The molecule has 186 valence electrons. The van der Waals surface area contributed by atoms with Crippen LogP contribution >= 0.6 is 0 Å². The summed E-state index contributed by atoms with van der Waals surface area (Å²) in [5.74, 6) is -3.11. The monoisotopic (exact) mass is 492 g/mol. The maximum atomic E-state index is 13.7. The second kappa shape index (κ2) is 9.95. The van der Waals surface area contributed by atoms with Gasteiger partial charge in [0.2, 0.25) is 6.04 Å². The van der Waals surface area contributed by atoms with Crippen LogP contribution in [-0.4, -0.2) is 72.6 Å². The predicted octanol–water partition coefficient (Wildman–Crippen LogP) is 3.16. The molecular weight excluding hydrogens is 469 g/mol. The molecule has 0 bridgehead atoms. The first-order valence-electron chi connectivity index (χ1n) is 10.9. The fourth-order valence-electron chi connectivity index (χ4n) is 4.52. The number of carboxylic acids is 1. The van der Waals surface area contributed by atoms with Crippen LogP contribution in [0.3, 0.4) is 0 Å². The van der Waals surface area contributed by atoms with Crippen LogP contribution in [0.15, 0.2) is 48.5 Å². The van der Waals surface area contributed by atoms with Crippen LogP contribution in [0.5, 0.6) is 0 Å². The predicted molar refractivity (Wildman–Crippen MR) is 117 cm³/mol.